The number of aliphatic hydroxyl groups excluding tert-OH is 3. The standard InChI is InChI=1S/C38H77O10P/c1-3-5-7-9-11-13-15-17-19-21-23-25-27-29-37(41)45-33-36(34-47-49(43,44)46-32-35(40)31-39)48-38(42)30-28-26-24-22-20-18-16-14-12-10-8-6-4-2/h35-36,38-40,42H,3-34H2,1-2H3,(H,43,44)/t35-,36+,38?/m0/s1. The molecule has 2 unspecified atom stereocenters. The van der Waals surface area contributed by atoms with Crippen LogP contribution < -0.4 is 0 Å². The number of rotatable bonds is 39. The zero-order valence-corrected chi connectivity index (χ0v) is 32.4. The van der Waals surface area contributed by atoms with E-state index in [-0.39, 0.29) is 13.0 Å². The maximum Gasteiger partial charge on any atom is 0.472 e. The number of ether oxygens (including phenoxy) is 2. The quantitative estimate of drug-likeness (QED) is 0.0209. The Bertz CT molecular complexity index is 756. The summed E-state index contributed by atoms with van der Waals surface area (Å²) in [6, 6.07) is 0. The van der Waals surface area contributed by atoms with Crippen molar-refractivity contribution in [1.82, 2.24) is 0 Å². The van der Waals surface area contributed by atoms with Gasteiger partial charge >= 0.3 is 13.8 Å². The van der Waals surface area contributed by atoms with Crippen LogP contribution in [0.3, 0.4) is 0 Å². The van der Waals surface area contributed by atoms with Crippen LogP contribution in [0, 0.1) is 0 Å². The number of unbranched alkanes of at least 4 members (excludes halogenated alkanes) is 24. The zero-order valence-electron chi connectivity index (χ0n) is 31.5. The average Bonchev–Trinajstić information content (AvgIpc) is 3.09. The molecule has 0 aliphatic rings. The molecule has 0 aliphatic heterocycles. The number of phosphoric ester groups is 1. The van der Waals surface area contributed by atoms with Gasteiger partial charge < -0.3 is 29.7 Å². The fourth-order valence-electron chi connectivity index (χ4n) is 5.75. The molecule has 0 rings (SSSR count). The van der Waals surface area contributed by atoms with Crippen LogP contribution in [0.1, 0.15) is 194 Å². The van der Waals surface area contributed by atoms with Gasteiger partial charge in [-0.05, 0) is 19.3 Å². The van der Waals surface area contributed by atoms with Crippen molar-refractivity contribution in [2.24, 2.45) is 0 Å². The van der Waals surface area contributed by atoms with E-state index < -0.39 is 52.1 Å². The molecule has 0 bridgehead atoms. The molecule has 11 heteroatoms. The lowest BCUT2D eigenvalue weighted by molar-refractivity contribution is -0.174. The molecule has 0 heterocycles. The van der Waals surface area contributed by atoms with Crippen molar-refractivity contribution in [3.05, 3.63) is 0 Å². The number of phosphoric acid groups is 1. The number of aliphatic hydroxyl groups is 3. The molecule has 0 radical (unpaired) electrons. The molecular weight excluding hydrogens is 647 g/mol. The molecule has 0 saturated carbocycles. The Balaban J connectivity index is 4.30. The van der Waals surface area contributed by atoms with Gasteiger partial charge in [-0.2, -0.15) is 0 Å². The minimum Gasteiger partial charge on any atom is -0.463 e. The summed E-state index contributed by atoms with van der Waals surface area (Å²) in [6.45, 7) is 2.55. The lowest BCUT2D eigenvalue weighted by Gasteiger charge is -2.23. The third-order valence-corrected chi connectivity index (χ3v) is 9.83. The Kier molecular flexibility index (Phi) is 35.4. The van der Waals surface area contributed by atoms with Crippen LogP contribution in [0.15, 0.2) is 0 Å². The third kappa shape index (κ3) is 35.6. The number of hydrogen-bond donors (Lipinski definition) is 4. The van der Waals surface area contributed by atoms with Crippen LogP contribution in [0.2, 0.25) is 0 Å². The minimum absolute atomic E-state index is 0.244. The Labute approximate surface area is 300 Å². The smallest absolute Gasteiger partial charge is 0.463 e. The van der Waals surface area contributed by atoms with Crippen LogP contribution in [0.25, 0.3) is 0 Å². The summed E-state index contributed by atoms with van der Waals surface area (Å²) in [7, 11) is -4.57. The van der Waals surface area contributed by atoms with Crippen LogP contribution >= 0.6 is 7.82 Å². The largest absolute Gasteiger partial charge is 0.472 e. The summed E-state index contributed by atoms with van der Waals surface area (Å²) in [5.41, 5.74) is 0. The molecule has 0 spiro atoms. The molecule has 294 valence electrons. The van der Waals surface area contributed by atoms with E-state index in [2.05, 4.69) is 13.8 Å². The topological polar surface area (TPSA) is 152 Å². The molecule has 4 atom stereocenters. The highest BCUT2D eigenvalue weighted by Crippen LogP contribution is 2.43. The predicted molar refractivity (Wildman–Crippen MR) is 197 cm³/mol. The van der Waals surface area contributed by atoms with E-state index in [0.29, 0.717) is 6.42 Å². The fourth-order valence-corrected chi connectivity index (χ4v) is 6.54. The van der Waals surface area contributed by atoms with Gasteiger partial charge in [-0.1, -0.05) is 168 Å². The molecule has 0 saturated heterocycles. The highest BCUT2D eigenvalue weighted by atomic mass is 31.2. The van der Waals surface area contributed by atoms with Crippen molar-refractivity contribution in [2.45, 2.75) is 212 Å². The third-order valence-electron chi connectivity index (χ3n) is 8.88. The van der Waals surface area contributed by atoms with Crippen LogP contribution in [0.5, 0.6) is 0 Å². The van der Waals surface area contributed by atoms with E-state index >= 15 is 0 Å². The van der Waals surface area contributed by atoms with Gasteiger partial charge in [0.1, 0.15) is 18.8 Å². The van der Waals surface area contributed by atoms with Crippen LogP contribution in [-0.2, 0) is 27.9 Å². The van der Waals surface area contributed by atoms with Crippen molar-refractivity contribution in [2.75, 3.05) is 26.4 Å². The molecule has 10 nitrogen and oxygen atoms in total. The normalized spacial score (nSPS) is 14.8. The highest BCUT2D eigenvalue weighted by Gasteiger charge is 2.27. The molecule has 0 aromatic heterocycles. The van der Waals surface area contributed by atoms with Gasteiger partial charge in [0.05, 0.1) is 19.8 Å². The van der Waals surface area contributed by atoms with Crippen molar-refractivity contribution < 1.29 is 48.1 Å². The summed E-state index contributed by atoms with van der Waals surface area (Å²) >= 11 is 0. The number of esters is 1. The van der Waals surface area contributed by atoms with E-state index in [1.165, 1.54) is 128 Å². The van der Waals surface area contributed by atoms with Gasteiger partial charge in [0.25, 0.3) is 0 Å². The number of carbonyl (C=O) groups excluding carboxylic acids is 1. The van der Waals surface area contributed by atoms with Gasteiger partial charge in [-0.25, -0.2) is 4.57 Å². The Hall–Kier alpha value is -0.580. The first kappa shape index (κ1) is 48.4. The fraction of sp³-hybridized carbons (Fsp3) is 0.974. The first-order valence-electron chi connectivity index (χ1n) is 20.1. The minimum atomic E-state index is -4.57. The van der Waals surface area contributed by atoms with Crippen LogP contribution in [0.4, 0.5) is 0 Å². The highest BCUT2D eigenvalue weighted by molar-refractivity contribution is 7.47. The van der Waals surface area contributed by atoms with Crippen LogP contribution in [-0.4, -0.2) is 71.1 Å². The lowest BCUT2D eigenvalue weighted by Crippen LogP contribution is -2.31. The molecule has 0 fully saturated rings. The van der Waals surface area contributed by atoms with E-state index in [4.69, 9.17) is 23.6 Å². The van der Waals surface area contributed by atoms with Gasteiger partial charge in [0.15, 0.2) is 6.29 Å². The second-order valence-electron chi connectivity index (χ2n) is 13.8. The van der Waals surface area contributed by atoms with Crippen molar-refractivity contribution in [3.63, 3.8) is 0 Å². The van der Waals surface area contributed by atoms with Gasteiger partial charge in [0, 0.05) is 6.42 Å². The average molecular weight is 725 g/mol. The summed E-state index contributed by atoms with van der Waals surface area (Å²) < 4.78 is 32.9. The second kappa shape index (κ2) is 35.8. The molecule has 0 aromatic carbocycles. The summed E-state index contributed by atoms with van der Waals surface area (Å²) in [5.74, 6) is -0.392. The molecule has 0 aromatic rings. The monoisotopic (exact) mass is 725 g/mol. The first-order valence-corrected chi connectivity index (χ1v) is 21.6. The molecule has 4 N–H and O–H groups in total. The van der Waals surface area contributed by atoms with Crippen molar-refractivity contribution in [1.29, 1.82) is 0 Å². The molecule has 49 heavy (non-hydrogen) atoms. The number of carbonyl (C=O) groups is 1. The maximum absolute atomic E-state index is 12.4. The molecule has 0 aliphatic carbocycles. The molecule has 0 amide bonds. The summed E-state index contributed by atoms with van der Waals surface area (Å²) in [6.07, 6.45) is 28.8. The van der Waals surface area contributed by atoms with E-state index in [0.717, 1.165) is 38.5 Å². The SMILES string of the molecule is CCCCCCCCCCCCCCCC(=O)OC[C@H](COP(=O)(O)OC[C@@H](O)CO)OC(O)CCCCCCCCCCCCCCC. The van der Waals surface area contributed by atoms with Crippen molar-refractivity contribution in [3.8, 4) is 0 Å². The Morgan fingerprint density at radius 2 is 0.959 bits per heavy atom. The molecular formula is C38H77O10P. The predicted octanol–water partition coefficient (Wildman–Crippen LogP) is 9.68. The van der Waals surface area contributed by atoms with E-state index in [1.54, 1.807) is 0 Å². The Morgan fingerprint density at radius 3 is 1.39 bits per heavy atom. The lowest BCUT2D eigenvalue weighted by atomic mass is 10.0. The van der Waals surface area contributed by atoms with Gasteiger partial charge in [-0.15, -0.1) is 0 Å². The maximum atomic E-state index is 12.4. The first-order chi connectivity index (χ1) is 23.7. The zero-order chi connectivity index (χ0) is 36.3. The van der Waals surface area contributed by atoms with E-state index in [9.17, 15) is 24.5 Å². The van der Waals surface area contributed by atoms with E-state index in [1.807, 2.05) is 0 Å². The van der Waals surface area contributed by atoms with Gasteiger partial charge in [0.2, 0.25) is 0 Å². The van der Waals surface area contributed by atoms with Crippen molar-refractivity contribution >= 4 is 13.8 Å². The van der Waals surface area contributed by atoms with Gasteiger partial charge in [-0.3, -0.25) is 13.8 Å². The Morgan fingerprint density at radius 1 is 0.571 bits per heavy atom. The number of hydrogen-bond acceptors (Lipinski definition) is 9. The summed E-state index contributed by atoms with van der Waals surface area (Å²) in [5, 5.41) is 28.8. The summed E-state index contributed by atoms with van der Waals surface area (Å²) in [4.78, 5) is 22.3. The second-order valence-corrected chi connectivity index (χ2v) is 15.3.